The highest BCUT2D eigenvalue weighted by molar-refractivity contribution is 5.51. The van der Waals surface area contributed by atoms with E-state index >= 15 is 0 Å². The van der Waals surface area contributed by atoms with Gasteiger partial charge in [-0.15, -0.1) is 0 Å². The molecule has 0 fully saturated rings. The normalized spacial score (nSPS) is 11.5. The Labute approximate surface area is 81.6 Å². The van der Waals surface area contributed by atoms with Crippen molar-refractivity contribution in [1.82, 2.24) is 14.4 Å². The minimum Gasteiger partial charge on any atom is -0.396 e. The summed E-state index contributed by atoms with van der Waals surface area (Å²) >= 11 is 0. The van der Waals surface area contributed by atoms with Crippen LogP contribution in [0.15, 0.2) is 30.9 Å². The zero-order valence-corrected chi connectivity index (χ0v) is 7.67. The first-order valence-corrected chi connectivity index (χ1v) is 4.46. The molecule has 0 saturated heterocycles. The SMILES string of the molecule is OCCC=Cc1cnc2cnccn12. The van der Waals surface area contributed by atoms with Crippen LogP contribution in [-0.4, -0.2) is 26.1 Å². The van der Waals surface area contributed by atoms with Gasteiger partial charge in [0.05, 0.1) is 18.1 Å². The number of hydrogen-bond acceptors (Lipinski definition) is 3. The van der Waals surface area contributed by atoms with Crippen molar-refractivity contribution < 1.29 is 5.11 Å². The highest BCUT2D eigenvalue weighted by atomic mass is 16.2. The van der Waals surface area contributed by atoms with Crippen molar-refractivity contribution in [3.63, 3.8) is 0 Å². The standard InChI is InChI=1S/C10H11N3O/c14-6-2-1-3-9-7-12-10-8-11-4-5-13(9)10/h1,3-5,7-8,14H,2,6H2. The summed E-state index contributed by atoms with van der Waals surface area (Å²) in [6.45, 7) is 0.175. The molecule has 0 spiro atoms. The number of imidazole rings is 1. The average Bonchev–Trinajstić information content (AvgIpc) is 2.63. The van der Waals surface area contributed by atoms with E-state index in [0.29, 0.717) is 6.42 Å². The smallest absolute Gasteiger partial charge is 0.155 e. The Morgan fingerprint density at radius 1 is 1.43 bits per heavy atom. The second-order valence-corrected chi connectivity index (χ2v) is 2.90. The summed E-state index contributed by atoms with van der Waals surface area (Å²) in [6.07, 6.45) is 11.6. The van der Waals surface area contributed by atoms with Crippen LogP contribution in [0.5, 0.6) is 0 Å². The maximum atomic E-state index is 8.62. The average molecular weight is 189 g/mol. The van der Waals surface area contributed by atoms with E-state index in [1.807, 2.05) is 22.7 Å². The van der Waals surface area contributed by atoms with E-state index in [2.05, 4.69) is 9.97 Å². The molecule has 72 valence electrons. The third kappa shape index (κ3) is 1.65. The molecule has 0 aliphatic rings. The van der Waals surface area contributed by atoms with Gasteiger partial charge in [-0.2, -0.15) is 0 Å². The van der Waals surface area contributed by atoms with Crippen LogP contribution < -0.4 is 0 Å². The molecule has 0 aliphatic heterocycles. The predicted molar refractivity (Wildman–Crippen MR) is 53.7 cm³/mol. The Bertz CT molecular complexity index is 447. The number of aliphatic hydroxyl groups excluding tert-OH is 1. The van der Waals surface area contributed by atoms with Crippen molar-refractivity contribution >= 4 is 11.7 Å². The lowest BCUT2D eigenvalue weighted by atomic mass is 10.3. The fourth-order valence-corrected chi connectivity index (χ4v) is 1.26. The van der Waals surface area contributed by atoms with Gasteiger partial charge in [-0.1, -0.05) is 6.08 Å². The van der Waals surface area contributed by atoms with E-state index in [1.165, 1.54) is 0 Å². The second-order valence-electron chi connectivity index (χ2n) is 2.90. The van der Waals surface area contributed by atoms with Crippen LogP contribution in [-0.2, 0) is 0 Å². The minimum absolute atomic E-state index is 0.175. The number of fused-ring (bicyclic) bond motifs is 1. The van der Waals surface area contributed by atoms with Gasteiger partial charge in [-0.3, -0.25) is 9.38 Å². The van der Waals surface area contributed by atoms with E-state index < -0.39 is 0 Å². The zero-order valence-electron chi connectivity index (χ0n) is 7.67. The quantitative estimate of drug-likeness (QED) is 0.787. The largest absolute Gasteiger partial charge is 0.396 e. The Morgan fingerprint density at radius 2 is 2.36 bits per heavy atom. The van der Waals surface area contributed by atoms with Gasteiger partial charge in [0.25, 0.3) is 0 Å². The Kier molecular flexibility index (Phi) is 2.55. The summed E-state index contributed by atoms with van der Waals surface area (Å²) in [5.41, 5.74) is 1.83. The summed E-state index contributed by atoms with van der Waals surface area (Å²) in [5, 5.41) is 8.62. The van der Waals surface area contributed by atoms with Crippen molar-refractivity contribution in [1.29, 1.82) is 0 Å². The van der Waals surface area contributed by atoms with Crippen LogP contribution in [0.3, 0.4) is 0 Å². The lowest BCUT2D eigenvalue weighted by Crippen LogP contribution is -1.87. The number of rotatable bonds is 3. The van der Waals surface area contributed by atoms with E-state index in [-0.39, 0.29) is 6.61 Å². The first-order valence-electron chi connectivity index (χ1n) is 4.46. The molecular formula is C10H11N3O. The summed E-state index contributed by atoms with van der Waals surface area (Å²) < 4.78 is 1.95. The summed E-state index contributed by atoms with van der Waals surface area (Å²) in [5.74, 6) is 0. The summed E-state index contributed by atoms with van der Waals surface area (Å²) in [7, 11) is 0. The summed E-state index contributed by atoms with van der Waals surface area (Å²) in [4.78, 5) is 8.16. The van der Waals surface area contributed by atoms with E-state index in [0.717, 1.165) is 11.3 Å². The first kappa shape index (κ1) is 8.90. The van der Waals surface area contributed by atoms with Gasteiger partial charge >= 0.3 is 0 Å². The number of hydrogen-bond donors (Lipinski definition) is 1. The Hall–Kier alpha value is -1.68. The molecule has 0 atom stereocenters. The third-order valence-corrected chi connectivity index (χ3v) is 1.93. The minimum atomic E-state index is 0.175. The van der Waals surface area contributed by atoms with E-state index in [4.69, 9.17) is 5.11 Å². The molecule has 0 bridgehead atoms. The fourth-order valence-electron chi connectivity index (χ4n) is 1.26. The van der Waals surface area contributed by atoms with Gasteiger partial charge in [0.15, 0.2) is 5.65 Å². The molecule has 1 N–H and O–H groups in total. The van der Waals surface area contributed by atoms with Crippen molar-refractivity contribution in [3.8, 4) is 0 Å². The summed E-state index contributed by atoms with van der Waals surface area (Å²) in [6, 6.07) is 0. The third-order valence-electron chi connectivity index (χ3n) is 1.93. The molecule has 4 heteroatoms. The highest BCUT2D eigenvalue weighted by Gasteiger charge is 1.97. The number of aliphatic hydroxyl groups is 1. The molecule has 4 nitrogen and oxygen atoms in total. The topological polar surface area (TPSA) is 50.4 Å². The van der Waals surface area contributed by atoms with Crippen molar-refractivity contribution in [2.24, 2.45) is 0 Å². The molecule has 2 aromatic rings. The number of aromatic nitrogens is 3. The highest BCUT2D eigenvalue weighted by Crippen LogP contribution is 2.06. The molecular weight excluding hydrogens is 178 g/mol. The van der Waals surface area contributed by atoms with Crippen molar-refractivity contribution in [2.45, 2.75) is 6.42 Å². The van der Waals surface area contributed by atoms with Crippen LogP contribution in [0.2, 0.25) is 0 Å². The molecule has 0 unspecified atom stereocenters. The predicted octanol–water partition coefficient (Wildman–Crippen LogP) is 1.12. The Balaban J connectivity index is 2.34. The van der Waals surface area contributed by atoms with E-state index in [9.17, 15) is 0 Å². The van der Waals surface area contributed by atoms with Crippen LogP contribution in [0.1, 0.15) is 12.1 Å². The lowest BCUT2D eigenvalue weighted by Gasteiger charge is -1.93. The van der Waals surface area contributed by atoms with Crippen LogP contribution in [0, 0.1) is 0 Å². The van der Waals surface area contributed by atoms with Crippen molar-refractivity contribution in [3.05, 3.63) is 36.6 Å². The maximum absolute atomic E-state index is 8.62. The van der Waals surface area contributed by atoms with Crippen LogP contribution in [0.4, 0.5) is 0 Å². The van der Waals surface area contributed by atoms with Gasteiger partial charge in [-0.05, 0) is 12.5 Å². The molecule has 14 heavy (non-hydrogen) atoms. The molecule has 2 aromatic heterocycles. The van der Waals surface area contributed by atoms with Crippen molar-refractivity contribution in [2.75, 3.05) is 6.61 Å². The van der Waals surface area contributed by atoms with Gasteiger partial charge in [0, 0.05) is 19.0 Å². The molecule has 2 rings (SSSR count). The first-order chi connectivity index (χ1) is 6.92. The van der Waals surface area contributed by atoms with Gasteiger partial charge in [-0.25, -0.2) is 4.98 Å². The number of nitrogens with zero attached hydrogens (tertiary/aromatic N) is 3. The molecule has 0 aliphatic carbocycles. The molecule has 0 aromatic carbocycles. The maximum Gasteiger partial charge on any atom is 0.155 e. The fraction of sp³-hybridized carbons (Fsp3) is 0.200. The van der Waals surface area contributed by atoms with Crippen LogP contribution in [0.25, 0.3) is 11.7 Å². The Morgan fingerprint density at radius 3 is 3.21 bits per heavy atom. The lowest BCUT2D eigenvalue weighted by molar-refractivity contribution is 0.303. The molecule has 0 amide bonds. The van der Waals surface area contributed by atoms with Gasteiger partial charge < -0.3 is 5.11 Å². The molecule has 0 radical (unpaired) electrons. The van der Waals surface area contributed by atoms with Gasteiger partial charge in [0.1, 0.15) is 0 Å². The molecule has 0 saturated carbocycles. The van der Waals surface area contributed by atoms with E-state index in [1.54, 1.807) is 18.6 Å². The van der Waals surface area contributed by atoms with Crippen LogP contribution >= 0.6 is 0 Å². The van der Waals surface area contributed by atoms with Gasteiger partial charge in [0.2, 0.25) is 0 Å². The monoisotopic (exact) mass is 189 g/mol. The zero-order chi connectivity index (χ0) is 9.80. The second kappa shape index (κ2) is 4.02. The molecule has 2 heterocycles.